The molecular formula is C43H43ClFN3O5. The summed E-state index contributed by atoms with van der Waals surface area (Å²) >= 11 is 6.49. The van der Waals surface area contributed by atoms with E-state index in [-0.39, 0.29) is 24.5 Å². The Kier molecular flexibility index (Phi) is 13.0. The molecule has 5 rings (SSSR count). The van der Waals surface area contributed by atoms with Crippen molar-refractivity contribution in [1.29, 1.82) is 0 Å². The predicted octanol–water partition coefficient (Wildman–Crippen LogP) is 9.84. The van der Waals surface area contributed by atoms with Crippen molar-refractivity contribution in [2.75, 3.05) is 0 Å². The molecule has 0 aliphatic heterocycles. The van der Waals surface area contributed by atoms with Gasteiger partial charge < -0.3 is 20.1 Å². The molecule has 1 unspecified atom stereocenters. The lowest BCUT2D eigenvalue weighted by molar-refractivity contribution is -0.122. The van der Waals surface area contributed by atoms with Gasteiger partial charge in [0.1, 0.15) is 22.9 Å². The van der Waals surface area contributed by atoms with Crippen LogP contribution in [-0.2, 0) is 22.6 Å². The Morgan fingerprint density at radius 1 is 0.792 bits per heavy atom. The van der Waals surface area contributed by atoms with Gasteiger partial charge in [0.25, 0.3) is 5.91 Å². The average Bonchev–Trinajstić information content (AvgIpc) is 3.13. The lowest BCUT2D eigenvalue weighted by atomic mass is 9.93. The summed E-state index contributed by atoms with van der Waals surface area (Å²) in [4.78, 5) is 39.8. The van der Waals surface area contributed by atoms with Crippen LogP contribution < -0.4 is 20.7 Å². The van der Waals surface area contributed by atoms with Crippen molar-refractivity contribution < 1.29 is 28.2 Å². The van der Waals surface area contributed by atoms with Crippen LogP contribution in [0.4, 0.5) is 9.18 Å². The SMILES string of the molecule is CCCC(NCc1ccccc1F)C(=O)NC(=O)c1ccc(-c2ccccc2)cc1-c1ccc(Cl)cc1Oc1cccc(CNC(=O)OC(C)(C)C)c1. The number of nitrogens with one attached hydrogen (secondary N) is 3. The van der Waals surface area contributed by atoms with Crippen molar-refractivity contribution in [2.24, 2.45) is 0 Å². The van der Waals surface area contributed by atoms with Gasteiger partial charge in [0.05, 0.1) is 6.04 Å². The van der Waals surface area contributed by atoms with Gasteiger partial charge in [-0.2, -0.15) is 0 Å². The highest BCUT2D eigenvalue weighted by Gasteiger charge is 2.24. The first-order chi connectivity index (χ1) is 25.4. The highest BCUT2D eigenvalue weighted by atomic mass is 35.5. The molecule has 0 saturated carbocycles. The number of carbonyl (C=O) groups excluding carboxylic acids is 3. The van der Waals surface area contributed by atoms with Crippen LogP contribution in [0, 0.1) is 5.82 Å². The molecule has 0 aromatic heterocycles. The van der Waals surface area contributed by atoms with E-state index >= 15 is 0 Å². The zero-order valence-electron chi connectivity index (χ0n) is 30.2. The normalized spacial score (nSPS) is 11.7. The van der Waals surface area contributed by atoms with Gasteiger partial charge in [-0.15, -0.1) is 0 Å². The Balaban J connectivity index is 1.45. The topological polar surface area (TPSA) is 106 Å². The minimum Gasteiger partial charge on any atom is -0.457 e. The first-order valence-electron chi connectivity index (χ1n) is 17.4. The number of benzene rings is 5. The second kappa shape index (κ2) is 17.8. The number of ether oxygens (including phenoxy) is 2. The van der Waals surface area contributed by atoms with Crippen LogP contribution in [0.2, 0.25) is 5.02 Å². The van der Waals surface area contributed by atoms with Crippen LogP contribution in [0.3, 0.4) is 0 Å². The number of rotatable bonds is 13. The highest BCUT2D eigenvalue weighted by Crippen LogP contribution is 2.39. The van der Waals surface area contributed by atoms with Crippen molar-refractivity contribution in [1.82, 2.24) is 16.0 Å². The van der Waals surface area contributed by atoms with E-state index in [1.54, 1.807) is 81.4 Å². The van der Waals surface area contributed by atoms with E-state index < -0.39 is 29.6 Å². The van der Waals surface area contributed by atoms with Crippen LogP contribution in [-0.4, -0.2) is 29.6 Å². The standard InChI is InChI=1S/C43H43ClFN3O5/c1-5-12-38(46-27-31-16-9-10-18-37(31)45)41(50)48-40(49)35-21-19-30(29-14-7-6-8-15-29)24-36(35)34-22-20-32(44)25-39(34)52-33-17-11-13-28(23-33)26-47-42(51)53-43(2,3)4/h6-11,13-25,38,46H,5,12,26-27H2,1-4H3,(H,47,51)(H,48,49,50). The number of hydrogen-bond acceptors (Lipinski definition) is 6. The maximum Gasteiger partial charge on any atom is 0.407 e. The third-order valence-corrected chi connectivity index (χ3v) is 8.43. The molecule has 3 amide bonds. The van der Waals surface area contributed by atoms with Crippen molar-refractivity contribution in [3.8, 4) is 33.8 Å². The quantitative estimate of drug-likeness (QED) is 0.111. The number of hydrogen-bond donors (Lipinski definition) is 3. The molecule has 5 aromatic rings. The third-order valence-electron chi connectivity index (χ3n) is 8.19. The minimum atomic E-state index is -0.734. The second-order valence-electron chi connectivity index (χ2n) is 13.5. The smallest absolute Gasteiger partial charge is 0.407 e. The summed E-state index contributed by atoms with van der Waals surface area (Å²) in [6.45, 7) is 7.65. The molecule has 274 valence electrons. The van der Waals surface area contributed by atoms with Gasteiger partial charge in [0.15, 0.2) is 0 Å². The zero-order valence-corrected chi connectivity index (χ0v) is 30.9. The summed E-state index contributed by atoms with van der Waals surface area (Å²) in [7, 11) is 0. The maximum atomic E-state index is 14.3. The van der Waals surface area contributed by atoms with Crippen LogP contribution in [0.1, 0.15) is 62.0 Å². The molecule has 10 heteroatoms. The maximum absolute atomic E-state index is 14.3. The van der Waals surface area contributed by atoms with Crippen molar-refractivity contribution in [2.45, 2.75) is 65.3 Å². The van der Waals surface area contributed by atoms with Crippen molar-refractivity contribution in [3.63, 3.8) is 0 Å². The monoisotopic (exact) mass is 735 g/mol. The molecule has 0 radical (unpaired) electrons. The summed E-state index contributed by atoms with van der Waals surface area (Å²) in [6.07, 6.45) is 0.567. The van der Waals surface area contributed by atoms with Crippen molar-refractivity contribution in [3.05, 3.63) is 143 Å². The number of carbonyl (C=O) groups is 3. The molecule has 0 aliphatic carbocycles. The number of alkyl carbamates (subject to hydrolysis) is 1. The Hall–Kier alpha value is -5.51. The molecule has 0 aliphatic rings. The van der Waals surface area contributed by atoms with Gasteiger partial charge >= 0.3 is 6.09 Å². The van der Waals surface area contributed by atoms with Gasteiger partial charge in [0.2, 0.25) is 5.91 Å². The highest BCUT2D eigenvalue weighted by molar-refractivity contribution is 6.30. The van der Waals surface area contributed by atoms with E-state index in [0.29, 0.717) is 46.1 Å². The van der Waals surface area contributed by atoms with E-state index in [1.807, 2.05) is 55.5 Å². The summed E-state index contributed by atoms with van der Waals surface area (Å²) < 4.78 is 26.1. The van der Waals surface area contributed by atoms with E-state index in [1.165, 1.54) is 6.07 Å². The largest absolute Gasteiger partial charge is 0.457 e. The Bertz CT molecular complexity index is 2070. The van der Waals surface area contributed by atoms with E-state index in [2.05, 4.69) is 16.0 Å². The fraction of sp³-hybridized carbons (Fsp3) is 0.233. The Morgan fingerprint density at radius 3 is 2.28 bits per heavy atom. The van der Waals surface area contributed by atoms with Gasteiger partial charge in [0, 0.05) is 40.9 Å². The summed E-state index contributed by atoms with van der Waals surface area (Å²) in [5.74, 6) is -0.651. The predicted molar refractivity (Wildman–Crippen MR) is 206 cm³/mol. The average molecular weight is 736 g/mol. The lowest BCUT2D eigenvalue weighted by Gasteiger charge is -2.20. The molecule has 1 atom stereocenters. The lowest BCUT2D eigenvalue weighted by Crippen LogP contribution is -2.46. The second-order valence-corrected chi connectivity index (χ2v) is 13.9. The number of imide groups is 1. The Labute approximate surface area is 314 Å². The first kappa shape index (κ1) is 38.7. The molecule has 5 aromatic carbocycles. The van der Waals surface area contributed by atoms with Crippen LogP contribution in [0.15, 0.2) is 115 Å². The molecule has 53 heavy (non-hydrogen) atoms. The number of halogens is 2. The molecule has 8 nitrogen and oxygen atoms in total. The molecule has 0 fully saturated rings. The van der Waals surface area contributed by atoms with Crippen LogP contribution in [0.5, 0.6) is 11.5 Å². The Morgan fingerprint density at radius 2 is 1.55 bits per heavy atom. The molecule has 3 N–H and O–H groups in total. The third kappa shape index (κ3) is 11.0. The van der Waals surface area contributed by atoms with E-state index in [4.69, 9.17) is 21.1 Å². The molecule has 0 bridgehead atoms. The zero-order chi connectivity index (χ0) is 38.0. The minimum absolute atomic E-state index is 0.125. The van der Waals surface area contributed by atoms with Gasteiger partial charge in [-0.3, -0.25) is 14.9 Å². The summed E-state index contributed by atoms with van der Waals surface area (Å²) in [6, 6.07) is 33.1. The summed E-state index contributed by atoms with van der Waals surface area (Å²) in [5.41, 5.74) is 3.65. The molecular weight excluding hydrogens is 693 g/mol. The fourth-order valence-corrected chi connectivity index (χ4v) is 5.83. The van der Waals surface area contributed by atoms with Crippen molar-refractivity contribution >= 4 is 29.5 Å². The first-order valence-corrected chi connectivity index (χ1v) is 17.8. The number of amides is 3. The van der Waals surface area contributed by atoms with Crippen LogP contribution >= 0.6 is 11.6 Å². The van der Waals surface area contributed by atoms with Gasteiger partial charge in [-0.25, -0.2) is 9.18 Å². The van der Waals surface area contributed by atoms with E-state index in [9.17, 15) is 18.8 Å². The van der Waals surface area contributed by atoms with E-state index in [0.717, 1.165) is 16.7 Å². The molecule has 0 saturated heterocycles. The molecule has 0 spiro atoms. The fourth-order valence-electron chi connectivity index (χ4n) is 5.67. The van der Waals surface area contributed by atoms with Gasteiger partial charge in [-0.05, 0) is 91.9 Å². The van der Waals surface area contributed by atoms with Crippen LogP contribution in [0.25, 0.3) is 22.3 Å². The summed E-state index contributed by atoms with van der Waals surface area (Å²) in [5, 5.41) is 8.86. The molecule has 0 heterocycles. The van der Waals surface area contributed by atoms with Gasteiger partial charge in [-0.1, -0.05) is 91.7 Å².